The second-order valence-corrected chi connectivity index (χ2v) is 8.89. The number of nitrogens with zero attached hydrogens (tertiary/aromatic N) is 3. The predicted molar refractivity (Wildman–Crippen MR) is 121 cm³/mol. The smallest absolute Gasteiger partial charge is 0.213 e. The lowest BCUT2D eigenvalue weighted by molar-refractivity contribution is -0.223. The molecule has 0 bridgehead atoms. The maximum atomic E-state index is 13.2. The van der Waals surface area contributed by atoms with Gasteiger partial charge in [0.2, 0.25) is 5.79 Å². The van der Waals surface area contributed by atoms with Gasteiger partial charge in [-0.2, -0.15) is 0 Å². The first kappa shape index (κ1) is 22.4. The highest BCUT2D eigenvalue weighted by atomic mass is 32.2. The van der Waals surface area contributed by atoms with Gasteiger partial charge in [0.15, 0.2) is 0 Å². The Hall–Kier alpha value is -1.84. The van der Waals surface area contributed by atoms with Gasteiger partial charge in [-0.1, -0.05) is 6.07 Å². The second kappa shape index (κ2) is 9.75. The van der Waals surface area contributed by atoms with E-state index in [0.29, 0.717) is 6.54 Å². The molecular weight excluding hydrogens is 417 g/mol. The molecule has 1 saturated heterocycles. The van der Waals surface area contributed by atoms with Gasteiger partial charge in [0.1, 0.15) is 11.6 Å². The fourth-order valence-electron chi connectivity index (χ4n) is 4.29. The molecule has 0 spiro atoms. The van der Waals surface area contributed by atoms with E-state index in [0.717, 1.165) is 61.2 Å². The monoisotopic (exact) mass is 447 g/mol. The van der Waals surface area contributed by atoms with Crippen molar-refractivity contribution in [3.8, 4) is 5.75 Å². The number of ether oxygens (including phenoxy) is 3. The Morgan fingerprint density at radius 1 is 0.935 bits per heavy atom. The van der Waals surface area contributed by atoms with Crippen LogP contribution in [0.1, 0.15) is 5.56 Å². The molecule has 31 heavy (non-hydrogen) atoms. The summed E-state index contributed by atoms with van der Waals surface area (Å²) in [6.45, 7) is 6.34. The minimum atomic E-state index is -0.853. The first-order valence-electron chi connectivity index (χ1n) is 10.5. The minimum absolute atomic E-state index is 0.191. The zero-order valence-electron chi connectivity index (χ0n) is 18.3. The Bertz CT molecular complexity index is 871. The zero-order chi connectivity index (χ0) is 21.8. The third-order valence-electron chi connectivity index (χ3n) is 6.09. The quantitative estimate of drug-likeness (QED) is 0.476. The fourth-order valence-corrected chi connectivity index (χ4v) is 5.46. The van der Waals surface area contributed by atoms with E-state index in [9.17, 15) is 4.39 Å². The van der Waals surface area contributed by atoms with Crippen LogP contribution in [0.3, 0.4) is 0 Å². The van der Waals surface area contributed by atoms with Crippen molar-refractivity contribution in [1.82, 2.24) is 9.21 Å². The average molecular weight is 448 g/mol. The summed E-state index contributed by atoms with van der Waals surface area (Å²) in [5.74, 6) is -0.261. The van der Waals surface area contributed by atoms with E-state index in [1.807, 2.05) is 24.3 Å². The number of halogens is 1. The summed E-state index contributed by atoms with van der Waals surface area (Å²) in [4.78, 5) is 5.88. The molecule has 0 atom stereocenters. The highest BCUT2D eigenvalue weighted by Gasteiger charge is 2.43. The van der Waals surface area contributed by atoms with Crippen LogP contribution in [0.25, 0.3) is 0 Å². The number of piperazine rings is 1. The summed E-state index contributed by atoms with van der Waals surface area (Å²) in [7, 11) is 5.04. The summed E-state index contributed by atoms with van der Waals surface area (Å²) in [6.07, 6.45) is 0. The van der Waals surface area contributed by atoms with Crippen molar-refractivity contribution < 1.29 is 18.6 Å². The van der Waals surface area contributed by atoms with Gasteiger partial charge in [-0.3, -0.25) is 4.90 Å². The largest absolute Gasteiger partial charge is 0.496 e. The molecule has 4 rings (SSSR count). The first-order valence-corrected chi connectivity index (χ1v) is 11.3. The van der Waals surface area contributed by atoms with E-state index in [4.69, 9.17) is 14.2 Å². The van der Waals surface area contributed by atoms with Crippen LogP contribution >= 0.6 is 11.9 Å². The Morgan fingerprint density at radius 3 is 2.29 bits per heavy atom. The maximum absolute atomic E-state index is 13.2. The highest BCUT2D eigenvalue weighted by Crippen LogP contribution is 2.46. The van der Waals surface area contributed by atoms with Gasteiger partial charge in [-0.15, -0.1) is 0 Å². The predicted octanol–water partition coefficient (Wildman–Crippen LogP) is 3.42. The zero-order valence-corrected chi connectivity index (χ0v) is 19.2. The number of hydrogen-bond donors (Lipinski definition) is 0. The van der Waals surface area contributed by atoms with E-state index >= 15 is 0 Å². The van der Waals surface area contributed by atoms with Gasteiger partial charge in [-0.05, 0) is 48.3 Å². The summed E-state index contributed by atoms with van der Waals surface area (Å²) >= 11 is 1.73. The van der Waals surface area contributed by atoms with Gasteiger partial charge in [0, 0.05) is 64.1 Å². The summed E-state index contributed by atoms with van der Waals surface area (Å²) in [5.41, 5.74) is 2.04. The number of anilines is 1. The van der Waals surface area contributed by atoms with E-state index in [-0.39, 0.29) is 5.82 Å². The molecule has 2 heterocycles. The lowest BCUT2D eigenvalue weighted by Crippen LogP contribution is -2.50. The van der Waals surface area contributed by atoms with Crippen molar-refractivity contribution in [3.05, 3.63) is 53.8 Å². The Kier molecular flexibility index (Phi) is 7.03. The topological polar surface area (TPSA) is 37.4 Å². The Morgan fingerprint density at radius 2 is 1.65 bits per heavy atom. The van der Waals surface area contributed by atoms with E-state index in [1.54, 1.807) is 33.3 Å². The molecule has 8 heteroatoms. The van der Waals surface area contributed by atoms with Crippen LogP contribution in [0.4, 0.5) is 10.1 Å². The number of benzene rings is 2. The van der Waals surface area contributed by atoms with E-state index < -0.39 is 5.79 Å². The summed E-state index contributed by atoms with van der Waals surface area (Å²) in [6, 6.07) is 12.8. The summed E-state index contributed by atoms with van der Waals surface area (Å²) < 4.78 is 32.8. The molecule has 2 aliphatic heterocycles. The van der Waals surface area contributed by atoms with Crippen molar-refractivity contribution >= 4 is 17.6 Å². The summed E-state index contributed by atoms with van der Waals surface area (Å²) in [5, 5.41) is 0. The van der Waals surface area contributed by atoms with Gasteiger partial charge in [0.25, 0.3) is 0 Å². The Labute approximate surface area is 188 Å². The molecule has 0 saturated carbocycles. The van der Waals surface area contributed by atoms with Crippen LogP contribution in [0.2, 0.25) is 0 Å². The normalized spacial score (nSPS) is 19.3. The number of fused-ring (bicyclic) bond motifs is 1. The molecule has 0 N–H and O–H groups in total. The molecular formula is C23H30FN3O3S. The molecule has 2 aliphatic rings. The van der Waals surface area contributed by atoms with Gasteiger partial charge < -0.3 is 19.1 Å². The van der Waals surface area contributed by atoms with Crippen molar-refractivity contribution in [2.24, 2.45) is 0 Å². The van der Waals surface area contributed by atoms with Gasteiger partial charge in [-0.25, -0.2) is 8.70 Å². The van der Waals surface area contributed by atoms with Crippen molar-refractivity contribution in [1.29, 1.82) is 0 Å². The molecule has 2 aromatic carbocycles. The second-order valence-electron chi connectivity index (χ2n) is 7.75. The molecule has 0 aromatic heterocycles. The van der Waals surface area contributed by atoms with Crippen LogP contribution in [0.15, 0.2) is 47.4 Å². The molecule has 1 fully saturated rings. The van der Waals surface area contributed by atoms with Gasteiger partial charge in [0.05, 0.1) is 19.2 Å². The standard InChI is InChI=1S/C23H30FN3O3S/c1-28-20-5-4-6-21-22(20)23(29-2,30-3)17-27(31-21)16-13-25-11-14-26(15-12-25)19-9-7-18(24)8-10-19/h4-10H,11-17H2,1-3H3. The molecule has 0 radical (unpaired) electrons. The van der Waals surface area contributed by atoms with Crippen LogP contribution in [-0.2, 0) is 15.3 Å². The number of hydrogen-bond acceptors (Lipinski definition) is 7. The SMILES string of the molecule is COc1cccc2c1C(OC)(OC)CN(CCN1CCN(c3ccc(F)cc3)CC1)S2. The lowest BCUT2D eigenvalue weighted by atomic mass is 10.0. The first-order chi connectivity index (χ1) is 15.1. The van der Waals surface area contributed by atoms with Crippen LogP contribution < -0.4 is 9.64 Å². The molecule has 0 unspecified atom stereocenters. The third kappa shape index (κ3) is 4.68. The van der Waals surface area contributed by atoms with Gasteiger partial charge >= 0.3 is 0 Å². The number of methoxy groups -OCH3 is 3. The van der Waals surface area contributed by atoms with Crippen molar-refractivity contribution in [2.75, 3.05) is 72.0 Å². The highest BCUT2D eigenvalue weighted by molar-refractivity contribution is 7.97. The molecule has 168 valence electrons. The van der Waals surface area contributed by atoms with Crippen LogP contribution in [0, 0.1) is 5.82 Å². The third-order valence-corrected chi connectivity index (χ3v) is 7.20. The maximum Gasteiger partial charge on any atom is 0.213 e. The average Bonchev–Trinajstić information content (AvgIpc) is 2.82. The van der Waals surface area contributed by atoms with Crippen LogP contribution in [-0.4, -0.2) is 76.3 Å². The van der Waals surface area contributed by atoms with Crippen molar-refractivity contribution in [2.45, 2.75) is 10.7 Å². The lowest BCUT2D eigenvalue weighted by Gasteiger charge is -2.42. The number of rotatable bonds is 7. The van der Waals surface area contributed by atoms with Crippen molar-refractivity contribution in [3.63, 3.8) is 0 Å². The molecule has 0 aliphatic carbocycles. The minimum Gasteiger partial charge on any atom is -0.496 e. The van der Waals surface area contributed by atoms with E-state index in [2.05, 4.69) is 20.2 Å². The molecule has 2 aromatic rings. The molecule has 6 nitrogen and oxygen atoms in total. The fraction of sp³-hybridized carbons (Fsp3) is 0.478. The van der Waals surface area contributed by atoms with E-state index in [1.165, 1.54) is 12.1 Å². The molecule has 0 amide bonds. The van der Waals surface area contributed by atoms with Crippen LogP contribution in [0.5, 0.6) is 5.75 Å². The Balaban J connectivity index is 1.37.